The summed E-state index contributed by atoms with van der Waals surface area (Å²) in [7, 11) is 0. The van der Waals surface area contributed by atoms with E-state index in [9.17, 15) is 38.7 Å². The normalized spacial score (nSPS) is 17.2. The number of pyridine rings is 1. The second-order valence-corrected chi connectivity index (χ2v) is 13.0. The molecule has 1 aromatic heterocycles. The monoisotopic (exact) mass is 714 g/mol. The van der Waals surface area contributed by atoms with Crippen molar-refractivity contribution in [3.63, 3.8) is 0 Å². The van der Waals surface area contributed by atoms with Crippen molar-refractivity contribution in [2.75, 3.05) is 25.0 Å². The molecule has 2 atom stereocenters. The van der Waals surface area contributed by atoms with E-state index in [0.29, 0.717) is 44.5 Å². The summed E-state index contributed by atoms with van der Waals surface area (Å²) in [6, 6.07) is 7.56. The van der Waals surface area contributed by atoms with Gasteiger partial charge in [0.15, 0.2) is 0 Å². The van der Waals surface area contributed by atoms with Gasteiger partial charge in [0.05, 0.1) is 12.1 Å². The van der Waals surface area contributed by atoms with Gasteiger partial charge in [0.1, 0.15) is 6.04 Å². The van der Waals surface area contributed by atoms with E-state index in [1.807, 2.05) is 25.1 Å². The predicted molar refractivity (Wildman–Crippen MR) is 187 cm³/mol. The number of hydrogen-bond donors (Lipinski definition) is 4. The Morgan fingerprint density at radius 1 is 0.904 bits per heavy atom. The van der Waals surface area contributed by atoms with E-state index < -0.39 is 30.2 Å². The van der Waals surface area contributed by atoms with Crippen LogP contribution in [0.5, 0.6) is 0 Å². The number of hydrazone groups is 1. The van der Waals surface area contributed by atoms with Crippen LogP contribution < -0.4 is 16.0 Å². The van der Waals surface area contributed by atoms with Crippen LogP contribution in [0.2, 0.25) is 0 Å². The average Bonchev–Trinajstić information content (AvgIpc) is 3.70. The van der Waals surface area contributed by atoms with Gasteiger partial charge in [-0.25, -0.2) is 14.6 Å². The Labute approximate surface area is 300 Å². The Morgan fingerprint density at radius 2 is 1.63 bits per heavy atom. The number of benzene rings is 1. The van der Waals surface area contributed by atoms with Gasteiger partial charge in [-0.15, -0.1) is 0 Å². The van der Waals surface area contributed by atoms with E-state index in [-0.39, 0.29) is 62.1 Å². The van der Waals surface area contributed by atoms with Crippen LogP contribution in [0, 0.1) is 5.92 Å². The van der Waals surface area contributed by atoms with Crippen LogP contribution in [0.3, 0.4) is 0 Å². The molecule has 0 aliphatic carbocycles. The Bertz CT molecular complexity index is 1730. The third-order valence-corrected chi connectivity index (χ3v) is 8.99. The Hall–Kier alpha value is -5.93. The fourth-order valence-electron chi connectivity index (χ4n) is 6.12. The summed E-state index contributed by atoms with van der Waals surface area (Å²) in [5.74, 6) is -3.45. The predicted octanol–water partition coefficient (Wildman–Crippen LogP) is 2.15. The first kappa shape index (κ1) is 37.3. The van der Waals surface area contributed by atoms with Crippen molar-refractivity contribution in [2.45, 2.75) is 71.0 Å². The highest BCUT2D eigenvalue weighted by atomic mass is 16.4. The fourth-order valence-corrected chi connectivity index (χ4v) is 6.12. The molecule has 0 spiro atoms. The maximum atomic E-state index is 12.8. The van der Waals surface area contributed by atoms with Gasteiger partial charge < -0.3 is 26.0 Å². The van der Waals surface area contributed by atoms with Crippen LogP contribution in [0.1, 0.15) is 68.6 Å². The number of nitrogens with zero attached hydrogens (tertiary/aromatic N) is 5. The summed E-state index contributed by atoms with van der Waals surface area (Å²) in [6.45, 7) is 3.56. The molecule has 2 aromatic rings. The number of amides is 7. The standard InChI is InChI=1S/C36H42N8O8/c1-23-18-33(49)44(41-34(23)24-7-9-27(10-8-24)39-36(52)42-21-25-13-15-37-20-26(25)22-42)17-5-14-38-30(46)19-28(35(50)51)40-29(45)6-3-2-4-16-43-31(47)11-12-32(43)48/h7-13,15,20,23,28H,2-6,14,16-19,21-22H2,1H3,(H,38,46)(H,39,52)(H,40,45)(H,50,51)/t23?,28-/m0/s1. The van der Waals surface area contributed by atoms with Gasteiger partial charge in [0.25, 0.3) is 11.8 Å². The highest BCUT2D eigenvalue weighted by molar-refractivity contribution is 6.12. The highest BCUT2D eigenvalue weighted by Gasteiger charge is 2.28. The van der Waals surface area contributed by atoms with Crippen LogP contribution in [0.25, 0.3) is 0 Å². The first-order valence-corrected chi connectivity index (χ1v) is 17.3. The average molecular weight is 715 g/mol. The molecule has 3 aliphatic heterocycles. The number of carbonyl (C=O) groups excluding carboxylic acids is 6. The van der Waals surface area contributed by atoms with E-state index in [1.165, 1.54) is 17.2 Å². The SMILES string of the molecule is CC1CC(=O)N(CCCNC(=O)C[C@H](NC(=O)CCCCCN2C(=O)C=CC2=O)C(=O)O)N=C1c1ccc(NC(=O)N2Cc3ccncc3C2)cc1. The lowest BCUT2D eigenvalue weighted by molar-refractivity contribution is -0.143. The number of rotatable bonds is 16. The van der Waals surface area contributed by atoms with Gasteiger partial charge >= 0.3 is 12.0 Å². The molecule has 52 heavy (non-hydrogen) atoms. The molecule has 0 saturated carbocycles. The molecular weight excluding hydrogens is 672 g/mol. The molecular formula is C36H42N8O8. The van der Waals surface area contributed by atoms with E-state index >= 15 is 0 Å². The molecule has 16 heteroatoms. The van der Waals surface area contributed by atoms with Crippen LogP contribution in [-0.2, 0) is 41.9 Å². The second kappa shape index (κ2) is 17.3. The van der Waals surface area contributed by atoms with Crippen LogP contribution in [-0.4, -0.2) is 97.8 Å². The van der Waals surface area contributed by atoms with Gasteiger partial charge in [-0.05, 0) is 54.2 Å². The number of aliphatic carboxylic acids is 1. The number of nitrogens with one attached hydrogen (secondary N) is 3. The van der Waals surface area contributed by atoms with E-state index in [0.717, 1.165) is 27.3 Å². The minimum atomic E-state index is -1.41. The lowest BCUT2D eigenvalue weighted by Gasteiger charge is -2.28. The summed E-state index contributed by atoms with van der Waals surface area (Å²) in [6.07, 6.45) is 7.56. The quantitative estimate of drug-likeness (QED) is 0.148. The van der Waals surface area contributed by atoms with Crippen molar-refractivity contribution >= 4 is 52.9 Å². The van der Waals surface area contributed by atoms with Crippen LogP contribution >= 0.6 is 0 Å². The molecule has 1 unspecified atom stereocenters. The number of urea groups is 1. The van der Waals surface area contributed by atoms with Gasteiger partial charge in [-0.1, -0.05) is 25.5 Å². The van der Waals surface area contributed by atoms with Gasteiger partial charge in [0, 0.05) is 81.7 Å². The number of unbranched alkanes of at least 4 members (excludes halogenated alkanes) is 2. The molecule has 274 valence electrons. The zero-order valence-electron chi connectivity index (χ0n) is 28.9. The molecule has 1 aromatic carbocycles. The van der Waals surface area contributed by atoms with Crippen molar-refractivity contribution in [3.8, 4) is 0 Å². The molecule has 16 nitrogen and oxygen atoms in total. The zero-order chi connectivity index (χ0) is 37.2. The molecule has 4 heterocycles. The third-order valence-electron chi connectivity index (χ3n) is 8.99. The number of carboxylic acids is 1. The number of carboxylic acid groups (broad SMARTS) is 1. The summed E-state index contributed by atoms with van der Waals surface area (Å²) < 4.78 is 0. The topological polar surface area (TPSA) is 211 Å². The number of anilines is 1. The van der Waals surface area contributed by atoms with E-state index in [1.54, 1.807) is 29.4 Å². The molecule has 4 N–H and O–H groups in total. The molecule has 3 aliphatic rings. The van der Waals surface area contributed by atoms with Gasteiger partial charge in [-0.2, -0.15) is 5.10 Å². The molecule has 0 saturated heterocycles. The molecule has 7 amide bonds. The maximum absolute atomic E-state index is 12.8. The highest BCUT2D eigenvalue weighted by Crippen LogP contribution is 2.24. The Balaban J connectivity index is 1.02. The third kappa shape index (κ3) is 9.86. The number of aromatic nitrogens is 1. The lowest BCUT2D eigenvalue weighted by atomic mass is 9.93. The summed E-state index contributed by atoms with van der Waals surface area (Å²) in [5.41, 5.74) is 4.26. The number of carbonyl (C=O) groups is 7. The number of fused-ring (bicyclic) bond motifs is 1. The fraction of sp³-hybridized carbons (Fsp3) is 0.417. The molecule has 0 radical (unpaired) electrons. The number of imide groups is 1. The van der Waals surface area contributed by atoms with Crippen LogP contribution in [0.15, 0.2) is 60.0 Å². The van der Waals surface area contributed by atoms with Crippen LogP contribution in [0.4, 0.5) is 10.5 Å². The van der Waals surface area contributed by atoms with E-state index in [2.05, 4.69) is 26.0 Å². The first-order valence-electron chi connectivity index (χ1n) is 17.3. The van der Waals surface area contributed by atoms with E-state index in [4.69, 9.17) is 0 Å². The Morgan fingerprint density at radius 3 is 2.35 bits per heavy atom. The van der Waals surface area contributed by atoms with Gasteiger partial charge in [-0.3, -0.25) is 33.9 Å². The summed E-state index contributed by atoms with van der Waals surface area (Å²) in [5, 5.41) is 23.4. The van der Waals surface area contributed by atoms with Crippen molar-refractivity contribution in [1.82, 2.24) is 30.4 Å². The smallest absolute Gasteiger partial charge is 0.326 e. The lowest BCUT2D eigenvalue weighted by Crippen LogP contribution is -2.44. The first-order chi connectivity index (χ1) is 25.0. The zero-order valence-corrected chi connectivity index (χ0v) is 28.9. The Kier molecular flexibility index (Phi) is 12.4. The molecule has 5 rings (SSSR count). The minimum absolute atomic E-state index is 0.0316. The summed E-state index contributed by atoms with van der Waals surface area (Å²) in [4.78, 5) is 92.2. The largest absolute Gasteiger partial charge is 0.480 e. The maximum Gasteiger partial charge on any atom is 0.326 e. The van der Waals surface area contributed by atoms with Crippen molar-refractivity contribution in [1.29, 1.82) is 0 Å². The van der Waals surface area contributed by atoms with Gasteiger partial charge in [0.2, 0.25) is 17.7 Å². The number of hydrogen-bond acceptors (Lipinski definition) is 9. The van der Waals surface area contributed by atoms with Crippen molar-refractivity contribution in [2.24, 2.45) is 11.0 Å². The molecule has 0 bridgehead atoms. The van der Waals surface area contributed by atoms with Crippen molar-refractivity contribution in [3.05, 3.63) is 71.6 Å². The second-order valence-electron chi connectivity index (χ2n) is 13.0. The minimum Gasteiger partial charge on any atom is -0.480 e. The summed E-state index contributed by atoms with van der Waals surface area (Å²) >= 11 is 0. The molecule has 0 fully saturated rings. The van der Waals surface area contributed by atoms with Crippen molar-refractivity contribution < 1.29 is 38.7 Å².